The number of benzene rings is 1. The van der Waals surface area contributed by atoms with E-state index >= 15 is 0 Å². The first-order chi connectivity index (χ1) is 8.58. The lowest BCUT2D eigenvalue weighted by molar-refractivity contribution is 0.0951. The van der Waals surface area contributed by atoms with Gasteiger partial charge in [-0.15, -0.1) is 0 Å². The molecule has 0 aliphatic rings. The highest BCUT2D eigenvalue weighted by Gasteiger charge is 2.08. The Kier molecular flexibility index (Phi) is 3.89. The average molecular weight is 282 g/mol. The largest absolute Gasteiger partial charge is 0.506 e. The van der Waals surface area contributed by atoms with E-state index in [2.05, 4.69) is 5.32 Å². The third-order valence-corrected chi connectivity index (χ3v) is 3.82. The number of hydrogen-bond donors (Lipinski definition) is 2. The van der Waals surface area contributed by atoms with Gasteiger partial charge in [-0.3, -0.25) is 4.79 Å². The van der Waals surface area contributed by atoms with E-state index in [1.165, 1.54) is 23.8 Å². The molecule has 1 amide bonds. The Bertz CT molecular complexity index is 580. The lowest BCUT2D eigenvalue weighted by atomic mass is 10.2. The van der Waals surface area contributed by atoms with Crippen LogP contribution in [0.5, 0.6) is 5.75 Å². The average Bonchev–Trinajstić information content (AvgIpc) is 2.75. The van der Waals surface area contributed by atoms with Crippen LogP contribution in [-0.2, 0) is 6.54 Å². The van der Waals surface area contributed by atoms with Crippen molar-refractivity contribution in [2.75, 3.05) is 0 Å². The Labute approximate surface area is 114 Å². The molecular weight excluding hydrogens is 270 g/mol. The van der Waals surface area contributed by atoms with Crippen LogP contribution < -0.4 is 5.32 Å². The lowest BCUT2D eigenvalue weighted by Gasteiger charge is -2.06. The third-order valence-electron chi connectivity index (χ3n) is 2.61. The second-order valence-electron chi connectivity index (χ2n) is 3.93. The van der Waals surface area contributed by atoms with Gasteiger partial charge in [0.2, 0.25) is 0 Å². The zero-order valence-corrected chi connectivity index (χ0v) is 11.3. The van der Waals surface area contributed by atoms with Gasteiger partial charge in [-0.25, -0.2) is 0 Å². The van der Waals surface area contributed by atoms with Crippen molar-refractivity contribution in [1.29, 1.82) is 0 Å². The molecule has 1 aromatic heterocycles. The highest BCUT2D eigenvalue weighted by molar-refractivity contribution is 7.08. The van der Waals surface area contributed by atoms with E-state index in [-0.39, 0.29) is 16.7 Å². The summed E-state index contributed by atoms with van der Waals surface area (Å²) in [5.74, 6) is -0.232. The van der Waals surface area contributed by atoms with Crippen LogP contribution in [0.1, 0.15) is 21.5 Å². The molecule has 2 aromatic rings. The Morgan fingerprint density at radius 1 is 1.44 bits per heavy atom. The lowest BCUT2D eigenvalue weighted by Crippen LogP contribution is -2.22. The minimum atomic E-state index is -0.206. The minimum absolute atomic E-state index is 0.0260. The quantitative estimate of drug-likeness (QED) is 0.906. The third kappa shape index (κ3) is 2.83. The van der Waals surface area contributed by atoms with Crippen molar-refractivity contribution in [1.82, 2.24) is 5.32 Å². The number of halogens is 1. The normalized spacial score (nSPS) is 10.3. The van der Waals surface area contributed by atoms with Crippen LogP contribution in [0, 0.1) is 6.92 Å². The molecule has 2 rings (SSSR count). The van der Waals surface area contributed by atoms with E-state index in [1.54, 1.807) is 11.3 Å². The number of aromatic hydroxyl groups is 1. The Hall–Kier alpha value is -1.52. The molecule has 0 spiro atoms. The number of nitrogens with one attached hydrogen (secondary N) is 1. The highest BCUT2D eigenvalue weighted by Crippen LogP contribution is 2.23. The zero-order valence-electron chi connectivity index (χ0n) is 9.74. The van der Waals surface area contributed by atoms with Gasteiger partial charge >= 0.3 is 0 Å². The molecule has 0 saturated heterocycles. The summed E-state index contributed by atoms with van der Waals surface area (Å²) in [7, 11) is 0. The fourth-order valence-electron chi connectivity index (χ4n) is 1.49. The van der Waals surface area contributed by atoms with Crippen LogP contribution >= 0.6 is 22.9 Å². The van der Waals surface area contributed by atoms with E-state index in [1.807, 2.05) is 17.7 Å². The Balaban J connectivity index is 2.04. The molecule has 0 aliphatic heterocycles. The summed E-state index contributed by atoms with van der Waals surface area (Å²) in [5, 5.41) is 16.3. The van der Waals surface area contributed by atoms with E-state index in [9.17, 15) is 9.90 Å². The Morgan fingerprint density at radius 3 is 2.83 bits per heavy atom. The molecule has 3 nitrogen and oxygen atoms in total. The molecule has 5 heteroatoms. The molecule has 0 saturated carbocycles. The van der Waals surface area contributed by atoms with Crippen molar-refractivity contribution < 1.29 is 9.90 Å². The van der Waals surface area contributed by atoms with Crippen LogP contribution in [0.3, 0.4) is 0 Å². The van der Waals surface area contributed by atoms with Gasteiger partial charge in [-0.05, 0) is 47.0 Å². The number of phenolic OH excluding ortho intramolecular Hbond substituents is 1. The van der Waals surface area contributed by atoms with Gasteiger partial charge in [0.25, 0.3) is 5.91 Å². The molecule has 0 atom stereocenters. The van der Waals surface area contributed by atoms with Gasteiger partial charge in [0.05, 0.1) is 5.02 Å². The van der Waals surface area contributed by atoms with E-state index in [4.69, 9.17) is 11.6 Å². The van der Waals surface area contributed by atoms with E-state index in [0.29, 0.717) is 12.1 Å². The summed E-state index contributed by atoms with van der Waals surface area (Å²) in [5.41, 5.74) is 2.72. The topological polar surface area (TPSA) is 49.3 Å². The van der Waals surface area contributed by atoms with Gasteiger partial charge in [0.1, 0.15) is 5.75 Å². The fourth-order valence-corrected chi connectivity index (χ4v) is 2.53. The highest BCUT2D eigenvalue weighted by atomic mass is 35.5. The smallest absolute Gasteiger partial charge is 0.251 e. The van der Waals surface area contributed by atoms with Crippen molar-refractivity contribution in [2.24, 2.45) is 0 Å². The van der Waals surface area contributed by atoms with Crippen LogP contribution in [0.25, 0.3) is 0 Å². The predicted octanol–water partition coefficient (Wildman–Crippen LogP) is 3.35. The van der Waals surface area contributed by atoms with Crippen LogP contribution in [0.4, 0.5) is 0 Å². The number of rotatable bonds is 3. The molecule has 0 fully saturated rings. The Morgan fingerprint density at radius 2 is 2.22 bits per heavy atom. The second-order valence-corrected chi connectivity index (χ2v) is 5.08. The molecule has 94 valence electrons. The molecule has 2 N–H and O–H groups in total. The molecule has 0 aliphatic carbocycles. The number of thiophene rings is 1. The van der Waals surface area contributed by atoms with Gasteiger partial charge in [-0.1, -0.05) is 11.6 Å². The molecule has 0 radical (unpaired) electrons. The molecule has 18 heavy (non-hydrogen) atoms. The van der Waals surface area contributed by atoms with Crippen molar-refractivity contribution in [3.63, 3.8) is 0 Å². The first-order valence-corrected chi connectivity index (χ1v) is 6.68. The van der Waals surface area contributed by atoms with Crippen molar-refractivity contribution in [2.45, 2.75) is 13.5 Å². The van der Waals surface area contributed by atoms with Crippen molar-refractivity contribution in [3.8, 4) is 5.75 Å². The standard InChI is InChI=1S/C13H12ClNO2S/c1-8-6-18-7-10(8)5-15-13(17)9-2-3-12(16)11(14)4-9/h2-4,6-7,16H,5H2,1H3,(H,15,17). The second kappa shape index (κ2) is 5.42. The van der Waals surface area contributed by atoms with E-state index < -0.39 is 0 Å². The van der Waals surface area contributed by atoms with E-state index in [0.717, 1.165) is 5.56 Å². The number of hydrogen-bond acceptors (Lipinski definition) is 3. The van der Waals surface area contributed by atoms with Gasteiger partial charge < -0.3 is 10.4 Å². The molecule has 0 unspecified atom stereocenters. The number of carbonyl (C=O) groups is 1. The fraction of sp³-hybridized carbons (Fsp3) is 0.154. The molecule has 0 bridgehead atoms. The first-order valence-electron chi connectivity index (χ1n) is 5.36. The zero-order chi connectivity index (χ0) is 13.1. The van der Waals surface area contributed by atoms with Crippen LogP contribution in [0.2, 0.25) is 5.02 Å². The summed E-state index contributed by atoms with van der Waals surface area (Å²) in [6.07, 6.45) is 0. The van der Waals surface area contributed by atoms with Gasteiger partial charge in [0.15, 0.2) is 0 Å². The first kappa shape index (κ1) is 12.9. The summed E-state index contributed by atoms with van der Waals surface area (Å²) in [6, 6.07) is 4.40. The van der Waals surface area contributed by atoms with Crippen LogP contribution in [-0.4, -0.2) is 11.0 Å². The van der Waals surface area contributed by atoms with Gasteiger partial charge in [0, 0.05) is 12.1 Å². The maximum Gasteiger partial charge on any atom is 0.251 e. The maximum atomic E-state index is 11.9. The number of aryl methyl sites for hydroxylation is 1. The van der Waals surface area contributed by atoms with Crippen molar-refractivity contribution >= 4 is 28.8 Å². The SMILES string of the molecule is Cc1cscc1CNC(=O)c1ccc(O)c(Cl)c1. The van der Waals surface area contributed by atoms with Crippen molar-refractivity contribution in [3.05, 3.63) is 50.7 Å². The molecular formula is C13H12ClNO2S. The minimum Gasteiger partial charge on any atom is -0.506 e. The molecule has 1 heterocycles. The monoisotopic (exact) mass is 281 g/mol. The summed E-state index contributed by atoms with van der Waals surface area (Å²) in [6.45, 7) is 2.50. The van der Waals surface area contributed by atoms with Crippen LogP contribution in [0.15, 0.2) is 29.0 Å². The number of carbonyl (C=O) groups excluding carboxylic acids is 1. The predicted molar refractivity (Wildman–Crippen MR) is 73.3 cm³/mol. The summed E-state index contributed by atoms with van der Waals surface area (Å²) < 4.78 is 0. The number of phenols is 1. The molecule has 1 aromatic carbocycles. The summed E-state index contributed by atoms with van der Waals surface area (Å²) >= 11 is 7.37. The summed E-state index contributed by atoms with van der Waals surface area (Å²) in [4.78, 5) is 11.9. The van der Waals surface area contributed by atoms with Gasteiger partial charge in [-0.2, -0.15) is 11.3 Å². The maximum absolute atomic E-state index is 11.9. The number of amides is 1.